The SMILES string of the molecule is O=C(/C=C/c1ccc(Br)cc1)Nc1ccc(S(=O)(=O)NCC(F)(F)F)cc1. The van der Waals surface area contributed by atoms with Crippen LogP contribution in [0.15, 0.2) is 64.0 Å². The van der Waals surface area contributed by atoms with Gasteiger partial charge in [-0.2, -0.15) is 13.2 Å². The molecule has 0 aliphatic rings. The largest absolute Gasteiger partial charge is 0.402 e. The third-order valence-electron chi connectivity index (χ3n) is 3.19. The zero-order chi connectivity index (χ0) is 20.1. The molecule has 2 aromatic rings. The Labute approximate surface area is 162 Å². The molecule has 0 heterocycles. The summed E-state index contributed by atoms with van der Waals surface area (Å²) in [5, 5.41) is 2.53. The number of amides is 1. The summed E-state index contributed by atoms with van der Waals surface area (Å²) in [6.07, 6.45) is -1.75. The minimum Gasteiger partial charge on any atom is -0.323 e. The number of benzene rings is 2. The van der Waals surface area contributed by atoms with Gasteiger partial charge in [0.1, 0.15) is 6.54 Å². The second kappa shape index (κ2) is 8.68. The van der Waals surface area contributed by atoms with Gasteiger partial charge < -0.3 is 5.32 Å². The quantitative estimate of drug-likeness (QED) is 0.638. The molecule has 0 fully saturated rings. The molecule has 2 N–H and O–H groups in total. The smallest absolute Gasteiger partial charge is 0.323 e. The van der Waals surface area contributed by atoms with Crippen molar-refractivity contribution in [2.75, 3.05) is 11.9 Å². The first-order chi connectivity index (χ1) is 12.5. The van der Waals surface area contributed by atoms with Gasteiger partial charge in [-0.15, -0.1) is 0 Å². The van der Waals surface area contributed by atoms with E-state index >= 15 is 0 Å². The summed E-state index contributed by atoms with van der Waals surface area (Å²) in [6.45, 7) is -1.66. The molecule has 0 aliphatic heterocycles. The van der Waals surface area contributed by atoms with Crippen LogP contribution < -0.4 is 10.0 Å². The first-order valence-electron chi connectivity index (χ1n) is 7.46. The predicted molar refractivity (Wildman–Crippen MR) is 99.5 cm³/mol. The molecular formula is C17H14BrF3N2O3S. The number of hydrogen-bond donors (Lipinski definition) is 2. The van der Waals surface area contributed by atoms with Gasteiger partial charge in [-0.3, -0.25) is 4.79 Å². The lowest BCUT2D eigenvalue weighted by molar-refractivity contribution is -0.121. The maximum absolute atomic E-state index is 12.1. The topological polar surface area (TPSA) is 75.3 Å². The van der Waals surface area contributed by atoms with E-state index < -0.39 is 28.7 Å². The van der Waals surface area contributed by atoms with Crippen molar-refractivity contribution in [2.24, 2.45) is 0 Å². The Morgan fingerprint density at radius 3 is 2.19 bits per heavy atom. The molecule has 144 valence electrons. The van der Waals surface area contributed by atoms with Gasteiger partial charge in [0, 0.05) is 16.2 Å². The Balaban J connectivity index is 1.98. The van der Waals surface area contributed by atoms with E-state index in [0.29, 0.717) is 5.69 Å². The number of halogens is 4. The normalized spacial score (nSPS) is 12.3. The van der Waals surface area contributed by atoms with Gasteiger partial charge in [0.05, 0.1) is 4.90 Å². The maximum Gasteiger partial charge on any atom is 0.402 e. The summed E-state index contributed by atoms with van der Waals surface area (Å²) in [4.78, 5) is 11.5. The summed E-state index contributed by atoms with van der Waals surface area (Å²) >= 11 is 3.30. The van der Waals surface area contributed by atoms with E-state index in [0.717, 1.165) is 22.2 Å². The number of hydrogen-bond acceptors (Lipinski definition) is 3. The van der Waals surface area contributed by atoms with E-state index in [2.05, 4.69) is 21.2 Å². The van der Waals surface area contributed by atoms with Crippen molar-refractivity contribution in [2.45, 2.75) is 11.1 Å². The summed E-state index contributed by atoms with van der Waals surface area (Å²) < 4.78 is 62.4. The Bertz CT molecular complexity index is 925. The van der Waals surface area contributed by atoms with Crippen molar-refractivity contribution >= 4 is 43.6 Å². The zero-order valence-corrected chi connectivity index (χ0v) is 16.0. The van der Waals surface area contributed by atoms with Crippen molar-refractivity contribution in [3.8, 4) is 0 Å². The molecule has 2 aromatic carbocycles. The lowest BCUT2D eigenvalue weighted by Crippen LogP contribution is -2.33. The maximum atomic E-state index is 12.1. The van der Waals surface area contributed by atoms with Crippen molar-refractivity contribution < 1.29 is 26.4 Å². The van der Waals surface area contributed by atoms with E-state index in [4.69, 9.17) is 0 Å². The van der Waals surface area contributed by atoms with Crippen molar-refractivity contribution in [1.29, 1.82) is 0 Å². The summed E-state index contributed by atoms with van der Waals surface area (Å²) in [6, 6.07) is 12.0. The van der Waals surface area contributed by atoms with E-state index in [-0.39, 0.29) is 4.90 Å². The van der Waals surface area contributed by atoms with E-state index in [1.54, 1.807) is 6.08 Å². The fourth-order valence-corrected chi connectivity index (χ4v) is 3.19. The number of nitrogens with one attached hydrogen (secondary N) is 2. The number of anilines is 1. The summed E-state index contributed by atoms with van der Waals surface area (Å²) in [5.41, 5.74) is 1.11. The number of carbonyl (C=O) groups is 1. The number of sulfonamides is 1. The molecule has 0 aliphatic carbocycles. The predicted octanol–water partition coefficient (Wildman–Crippen LogP) is 3.94. The minimum atomic E-state index is -4.65. The molecule has 0 atom stereocenters. The minimum absolute atomic E-state index is 0.301. The Kier molecular flexibility index (Phi) is 6.79. The van der Waals surface area contributed by atoms with Crippen LogP contribution >= 0.6 is 15.9 Å². The van der Waals surface area contributed by atoms with Gasteiger partial charge in [0.15, 0.2) is 0 Å². The Hall–Kier alpha value is -2.17. The van der Waals surface area contributed by atoms with Gasteiger partial charge in [0.2, 0.25) is 15.9 Å². The molecule has 0 spiro atoms. The zero-order valence-electron chi connectivity index (χ0n) is 13.6. The molecule has 2 rings (SSSR count). The molecule has 0 saturated carbocycles. The lowest BCUT2D eigenvalue weighted by Gasteiger charge is -2.10. The average molecular weight is 463 g/mol. The summed E-state index contributed by atoms with van der Waals surface area (Å²) in [5.74, 6) is -0.441. The average Bonchev–Trinajstić information content (AvgIpc) is 2.60. The number of rotatable bonds is 6. The third kappa shape index (κ3) is 7.16. The first kappa shape index (κ1) is 21.1. The van der Waals surface area contributed by atoms with Crippen molar-refractivity contribution in [1.82, 2.24) is 4.72 Å². The van der Waals surface area contributed by atoms with Crippen LogP contribution in [0.25, 0.3) is 6.08 Å². The van der Waals surface area contributed by atoms with Crippen LogP contribution in [-0.4, -0.2) is 27.0 Å². The highest BCUT2D eigenvalue weighted by molar-refractivity contribution is 9.10. The van der Waals surface area contributed by atoms with Crippen LogP contribution in [0.1, 0.15) is 5.56 Å². The van der Waals surface area contributed by atoms with Crippen LogP contribution in [0.3, 0.4) is 0 Å². The van der Waals surface area contributed by atoms with E-state index in [1.807, 2.05) is 24.3 Å². The highest BCUT2D eigenvalue weighted by atomic mass is 79.9. The monoisotopic (exact) mass is 462 g/mol. The van der Waals surface area contributed by atoms with Crippen LogP contribution in [0.2, 0.25) is 0 Å². The third-order valence-corrected chi connectivity index (χ3v) is 5.14. The van der Waals surface area contributed by atoms with E-state index in [1.165, 1.54) is 22.9 Å². The summed E-state index contributed by atoms with van der Waals surface area (Å²) in [7, 11) is -4.29. The molecule has 0 saturated heterocycles. The van der Waals surface area contributed by atoms with Gasteiger partial charge in [-0.25, -0.2) is 13.1 Å². The highest BCUT2D eigenvalue weighted by Gasteiger charge is 2.30. The molecule has 0 bridgehead atoms. The molecular weight excluding hydrogens is 449 g/mol. The highest BCUT2D eigenvalue weighted by Crippen LogP contribution is 2.17. The van der Waals surface area contributed by atoms with Gasteiger partial charge in [-0.1, -0.05) is 28.1 Å². The molecule has 1 amide bonds. The van der Waals surface area contributed by atoms with E-state index in [9.17, 15) is 26.4 Å². The van der Waals surface area contributed by atoms with Crippen LogP contribution in [0.4, 0.5) is 18.9 Å². The van der Waals surface area contributed by atoms with Gasteiger partial charge in [-0.05, 0) is 48.0 Å². The van der Waals surface area contributed by atoms with Gasteiger partial charge >= 0.3 is 6.18 Å². The fraction of sp³-hybridized carbons (Fsp3) is 0.118. The standard InChI is InChI=1S/C17H14BrF3N2O3S/c18-13-4-1-12(2-5-13)3-10-16(24)23-14-6-8-15(9-7-14)27(25,26)22-11-17(19,20)21/h1-10,22H,11H2,(H,23,24)/b10-3+. The lowest BCUT2D eigenvalue weighted by atomic mass is 10.2. The second-order valence-corrected chi connectivity index (χ2v) is 8.02. The number of alkyl halides is 3. The number of carbonyl (C=O) groups excluding carboxylic acids is 1. The fourth-order valence-electron chi connectivity index (χ4n) is 1.91. The van der Waals surface area contributed by atoms with Crippen molar-refractivity contribution in [3.05, 3.63) is 64.6 Å². The van der Waals surface area contributed by atoms with Crippen LogP contribution in [0.5, 0.6) is 0 Å². The molecule has 0 aromatic heterocycles. The Morgan fingerprint density at radius 1 is 1.04 bits per heavy atom. The molecule has 27 heavy (non-hydrogen) atoms. The second-order valence-electron chi connectivity index (χ2n) is 5.34. The van der Waals surface area contributed by atoms with Crippen molar-refractivity contribution in [3.63, 3.8) is 0 Å². The molecule has 10 heteroatoms. The molecule has 5 nitrogen and oxygen atoms in total. The van der Waals surface area contributed by atoms with Crippen LogP contribution in [-0.2, 0) is 14.8 Å². The van der Waals surface area contributed by atoms with Gasteiger partial charge in [0.25, 0.3) is 0 Å². The molecule has 0 unspecified atom stereocenters. The Morgan fingerprint density at radius 2 is 1.63 bits per heavy atom. The molecule has 0 radical (unpaired) electrons. The van der Waals surface area contributed by atoms with Crippen LogP contribution in [0, 0.1) is 0 Å². The first-order valence-corrected chi connectivity index (χ1v) is 9.74.